The van der Waals surface area contributed by atoms with E-state index in [0.717, 1.165) is 4.90 Å². The maximum absolute atomic E-state index is 13.7. The van der Waals surface area contributed by atoms with Crippen LogP contribution in [0.15, 0.2) is 36.4 Å². The van der Waals surface area contributed by atoms with Gasteiger partial charge in [-0.3, -0.25) is 19.3 Å². The Kier molecular flexibility index (Phi) is 6.09. The summed E-state index contributed by atoms with van der Waals surface area (Å²) in [6, 6.07) is 7.87. The molecule has 8 nitrogen and oxygen atoms in total. The number of fused-ring (bicyclic) bond motifs is 2. The first-order valence-corrected chi connectivity index (χ1v) is 12.8. The molecule has 0 bridgehead atoms. The average molecular weight is 615 g/mol. The summed E-state index contributed by atoms with van der Waals surface area (Å²) < 4.78 is 16.1. The number of β-lactam (4-membered cyclic amide) rings is 1. The number of nitrogens with zero attached hydrogens (tertiary/aromatic N) is 2. The van der Waals surface area contributed by atoms with E-state index in [9.17, 15) is 14.4 Å². The molecule has 0 aromatic heterocycles. The maximum Gasteiger partial charge on any atom is 0.264 e. The highest BCUT2D eigenvalue weighted by molar-refractivity contribution is 6.55. The summed E-state index contributed by atoms with van der Waals surface area (Å²) >= 11 is 31.2. The fraction of sp³-hybridized carbons (Fsp3) is 0.160. The van der Waals surface area contributed by atoms with Crippen LogP contribution in [0, 0.1) is 0 Å². The van der Waals surface area contributed by atoms with Crippen molar-refractivity contribution in [3.8, 4) is 17.2 Å². The van der Waals surface area contributed by atoms with Gasteiger partial charge in [0.15, 0.2) is 11.5 Å². The Balaban J connectivity index is 1.48. The minimum Gasteiger partial charge on any atom is -0.495 e. The van der Waals surface area contributed by atoms with Crippen LogP contribution in [-0.4, -0.2) is 42.6 Å². The van der Waals surface area contributed by atoms with Crippen molar-refractivity contribution in [3.05, 3.63) is 78.2 Å². The zero-order valence-electron chi connectivity index (χ0n) is 19.1. The molecule has 3 aliphatic rings. The number of halogens is 5. The summed E-state index contributed by atoms with van der Waals surface area (Å²) in [4.78, 5) is 43.1. The molecular formula is C25H13Cl5N2O6. The van der Waals surface area contributed by atoms with Gasteiger partial charge in [-0.15, -0.1) is 0 Å². The summed E-state index contributed by atoms with van der Waals surface area (Å²) in [6.07, 6.45) is 0. The fourth-order valence-corrected chi connectivity index (χ4v) is 6.13. The van der Waals surface area contributed by atoms with Gasteiger partial charge in [0.05, 0.1) is 49.4 Å². The number of hydrogen-bond acceptors (Lipinski definition) is 6. The highest BCUT2D eigenvalue weighted by Gasteiger charge is 2.58. The lowest BCUT2D eigenvalue weighted by Gasteiger charge is -2.49. The smallest absolute Gasteiger partial charge is 0.264 e. The molecule has 0 unspecified atom stereocenters. The summed E-state index contributed by atoms with van der Waals surface area (Å²) in [7, 11) is 1.47. The van der Waals surface area contributed by atoms with Crippen LogP contribution in [-0.2, 0) is 4.79 Å². The molecule has 13 heteroatoms. The van der Waals surface area contributed by atoms with Crippen molar-refractivity contribution in [2.45, 2.75) is 12.1 Å². The molecule has 0 spiro atoms. The molecular weight excluding hydrogens is 602 g/mol. The Labute approximate surface area is 240 Å². The maximum atomic E-state index is 13.7. The van der Waals surface area contributed by atoms with Crippen LogP contribution in [0.3, 0.4) is 0 Å². The number of rotatable bonds is 4. The minimum atomic E-state index is -1.24. The number of ether oxygens (including phenoxy) is 3. The summed E-state index contributed by atoms with van der Waals surface area (Å²) in [5.74, 6) is -0.761. The Morgan fingerprint density at radius 1 is 0.763 bits per heavy atom. The molecule has 3 aliphatic heterocycles. The van der Waals surface area contributed by atoms with Gasteiger partial charge >= 0.3 is 0 Å². The molecule has 6 rings (SSSR count). The molecule has 1 fully saturated rings. The van der Waals surface area contributed by atoms with Crippen LogP contribution < -0.4 is 19.1 Å². The first kappa shape index (κ1) is 25.4. The van der Waals surface area contributed by atoms with Crippen LogP contribution in [0.25, 0.3) is 0 Å². The van der Waals surface area contributed by atoms with Crippen LogP contribution >= 0.6 is 58.0 Å². The second-order valence-electron chi connectivity index (χ2n) is 8.52. The normalized spacial score (nSPS) is 19.7. The van der Waals surface area contributed by atoms with Crippen molar-refractivity contribution >= 4 is 81.4 Å². The highest BCUT2D eigenvalue weighted by Crippen LogP contribution is 2.50. The van der Waals surface area contributed by atoms with Crippen molar-refractivity contribution in [1.29, 1.82) is 0 Å². The first-order valence-electron chi connectivity index (χ1n) is 11.0. The van der Waals surface area contributed by atoms with Crippen LogP contribution in [0.2, 0.25) is 25.1 Å². The van der Waals surface area contributed by atoms with E-state index in [-0.39, 0.29) is 43.0 Å². The number of methoxy groups -OCH3 is 1. The molecule has 38 heavy (non-hydrogen) atoms. The molecule has 0 radical (unpaired) electrons. The van der Waals surface area contributed by atoms with E-state index >= 15 is 0 Å². The quantitative estimate of drug-likeness (QED) is 0.146. The average Bonchev–Trinajstić information content (AvgIpc) is 3.47. The number of benzene rings is 3. The molecule has 0 N–H and O–H groups in total. The molecule has 194 valence electrons. The van der Waals surface area contributed by atoms with Gasteiger partial charge in [0.2, 0.25) is 6.79 Å². The van der Waals surface area contributed by atoms with Gasteiger partial charge in [-0.25, -0.2) is 0 Å². The Morgan fingerprint density at radius 3 is 2.00 bits per heavy atom. The highest BCUT2D eigenvalue weighted by atomic mass is 35.5. The number of amides is 3. The van der Waals surface area contributed by atoms with Crippen LogP contribution in [0.4, 0.5) is 5.69 Å². The third-order valence-corrected chi connectivity index (χ3v) is 8.73. The molecule has 1 saturated heterocycles. The predicted molar refractivity (Wildman–Crippen MR) is 142 cm³/mol. The lowest BCUT2D eigenvalue weighted by Crippen LogP contribution is -2.67. The van der Waals surface area contributed by atoms with E-state index < -0.39 is 29.8 Å². The molecule has 0 saturated carbocycles. The van der Waals surface area contributed by atoms with E-state index in [2.05, 4.69) is 0 Å². The Hall–Kier alpha value is -2.88. The van der Waals surface area contributed by atoms with Gasteiger partial charge in [-0.05, 0) is 35.9 Å². The number of hydrogen-bond donors (Lipinski definition) is 0. The molecule has 3 heterocycles. The van der Waals surface area contributed by atoms with Crippen molar-refractivity contribution < 1.29 is 28.6 Å². The zero-order valence-corrected chi connectivity index (χ0v) is 22.8. The summed E-state index contributed by atoms with van der Waals surface area (Å²) in [6.45, 7) is 0.0422. The van der Waals surface area contributed by atoms with Crippen molar-refractivity contribution in [2.75, 3.05) is 18.8 Å². The van der Waals surface area contributed by atoms with Gasteiger partial charge < -0.3 is 19.1 Å². The van der Waals surface area contributed by atoms with Gasteiger partial charge in [0.25, 0.3) is 17.7 Å². The third-order valence-electron chi connectivity index (χ3n) is 6.63. The number of imide groups is 1. The SMILES string of the molecule is COc1ccc(N2C(=O)[C@H](N3C(=O)c4c(Cl)c(Cl)c(Cl)c(Cl)c4C3=O)[C@@H]2c2ccc3c(c2)OCO3)cc1Cl. The molecule has 2 atom stereocenters. The number of carbonyl (C=O) groups excluding carboxylic acids is 3. The minimum absolute atomic E-state index is 0.0422. The lowest BCUT2D eigenvalue weighted by atomic mass is 9.86. The monoisotopic (exact) mass is 612 g/mol. The number of carbonyl (C=O) groups is 3. The fourth-order valence-electron chi connectivity index (χ4n) is 4.87. The summed E-state index contributed by atoms with van der Waals surface area (Å²) in [5, 5.41) is -0.498. The topological polar surface area (TPSA) is 85.4 Å². The zero-order chi connectivity index (χ0) is 27.0. The van der Waals surface area contributed by atoms with E-state index in [1.807, 2.05) is 0 Å². The van der Waals surface area contributed by atoms with Crippen molar-refractivity contribution in [1.82, 2.24) is 4.90 Å². The Morgan fingerprint density at radius 2 is 1.39 bits per heavy atom. The largest absolute Gasteiger partial charge is 0.495 e. The third kappa shape index (κ3) is 3.48. The van der Waals surface area contributed by atoms with Crippen LogP contribution in [0.1, 0.15) is 32.3 Å². The van der Waals surface area contributed by atoms with Crippen molar-refractivity contribution in [3.63, 3.8) is 0 Å². The second-order valence-corrected chi connectivity index (χ2v) is 10.4. The van der Waals surface area contributed by atoms with Crippen molar-refractivity contribution in [2.24, 2.45) is 0 Å². The van der Waals surface area contributed by atoms with E-state index in [1.165, 1.54) is 12.0 Å². The van der Waals surface area contributed by atoms with E-state index in [1.54, 1.807) is 36.4 Å². The molecule has 0 aliphatic carbocycles. The van der Waals surface area contributed by atoms with Gasteiger partial charge in [-0.1, -0.05) is 64.1 Å². The summed E-state index contributed by atoms with van der Waals surface area (Å²) in [5.41, 5.74) is 0.590. The van der Waals surface area contributed by atoms with Gasteiger partial charge in [-0.2, -0.15) is 0 Å². The van der Waals surface area contributed by atoms with E-state index in [0.29, 0.717) is 28.5 Å². The Bertz CT molecular complexity index is 1550. The van der Waals surface area contributed by atoms with Crippen LogP contribution in [0.5, 0.6) is 17.2 Å². The van der Waals surface area contributed by atoms with Gasteiger partial charge in [0, 0.05) is 5.69 Å². The standard InChI is InChI=1S/C25H13Cl5N2O6/c1-36-12-5-3-10(7-11(12)26)31-21(9-2-4-13-14(6-9)38-8-37-13)22(25(31)35)32-23(33)15-16(24(32)34)18(28)20(30)19(29)17(15)27/h2-7,21-22H,8H2,1H3/t21-,22+/m0/s1. The molecule has 3 amide bonds. The van der Waals surface area contributed by atoms with Gasteiger partial charge in [0.1, 0.15) is 11.8 Å². The second kappa shape index (κ2) is 9.10. The first-order chi connectivity index (χ1) is 18.1. The molecule has 3 aromatic carbocycles. The molecule has 3 aromatic rings. The lowest BCUT2D eigenvalue weighted by molar-refractivity contribution is -0.130. The van der Waals surface area contributed by atoms with E-state index in [4.69, 9.17) is 72.2 Å². The predicted octanol–water partition coefficient (Wildman–Crippen LogP) is 6.44. The number of anilines is 1.